The molecule has 17 nitrogen and oxygen atoms in total. The van der Waals surface area contributed by atoms with Gasteiger partial charge >= 0.3 is 5.97 Å². The maximum absolute atomic E-state index is 15.1. The third-order valence-electron chi connectivity index (χ3n) is 17.2. The number of esters is 1. The smallest absolute Gasteiger partial charge is 0.325 e. The number of cyclic esters (lactones) is 1. The first kappa shape index (κ1) is 51.1. The Hall–Kier alpha value is -4.67. The number of carbonyl (C=O) groups excluding carboxylic acids is 3. The number of halogens is 2. The molecule has 10 bridgehead atoms. The van der Waals surface area contributed by atoms with Crippen LogP contribution in [-0.2, 0) is 55.8 Å². The molecule has 2 N–H and O–H groups in total. The van der Waals surface area contributed by atoms with Gasteiger partial charge in [0, 0.05) is 98.0 Å². The van der Waals surface area contributed by atoms with Crippen LogP contribution in [0.1, 0.15) is 101 Å². The molecule has 3 saturated carbocycles. The monoisotopic (exact) mass is 1060 g/mol. The summed E-state index contributed by atoms with van der Waals surface area (Å²) in [6.45, 7) is 11.8. The van der Waals surface area contributed by atoms with E-state index in [-0.39, 0.29) is 41.7 Å². The summed E-state index contributed by atoms with van der Waals surface area (Å²) in [6.07, 6.45) is 4.15. The molecule has 9 fully saturated rings. The van der Waals surface area contributed by atoms with Gasteiger partial charge in [-0.2, -0.15) is 0 Å². The maximum atomic E-state index is 15.1. The molecule has 3 aromatic heterocycles. The van der Waals surface area contributed by atoms with Crippen LogP contribution in [0.2, 0.25) is 0 Å². The molecule has 10 aliphatic rings. The molecule has 4 atom stereocenters. The molecule has 6 saturated heterocycles. The number of hydrogen-bond acceptors (Lipinski definition) is 15. The largest absolute Gasteiger partial charge is 0.464 e. The number of carbonyl (C=O) groups is 3. The summed E-state index contributed by atoms with van der Waals surface area (Å²) in [5.74, 6) is -1.47. The number of ether oxygens (including phenoxy) is 6. The fraction of sp³-hybridized carbons (Fsp3) is 0.655. The molecule has 75 heavy (non-hydrogen) atoms. The van der Waals surface area contributed by atoms with Crippen molar-refractivity contribution in [2.45, 2.75) is 140 Å². The van der Waals surface area contributed by atoms with Crippen LogP contribution >= 0.6 is 11.3 Å². The molecule has 0 spiro atoms. The number of rotatable bonds is 14. The normalized spacial score (nSPS) is 29.5. The highest BCUT2D eigenvalue weighted by molar-refractivity contribution is 7.10. The van der Waals surface area contributed by atoms with Crippen molar-refractivity contribution >= 4 is 45.7 Å². The Bertz CT molecular complexity index is 2770. The van der Waals surface area contributed by atoms with Crippen molar-refractivity contribution in [1.29, 1.82) is 0 Å². The Balaban J connectivity index is 1.000. The first-order chi connectivity index (χ1) is 36.2. The first-order valence-corrected chi connectivity index (χ1v) is 28.1. The van der Waals surface area contributed by atoms with Crippen LogP contribution in [-0.4, -0.2) is 157 Å². The molecule has 4 aromatic rings. The molecule has 0 radical (unpaired) electrons. The van der Waals surface area contributed by atoms with E-state index in [1.54, 1.807) is 7.11 Å². The van der Waals surface area contributed by atoms with Crippen LogP contribution in [0.25, 0.3) is 33.4 Å². The van der Waals surface area contributed by atoms with Gasteiger partial charge in [0.15, 0.2) is 0 Å². The summed E-state index contributed by atoms with van der Waals surface area (Å²) in [6, 6.07) is 6.55. The molecule has 20 heteroatoms. The van der Waals surface area contributed by atoms with Crippen molar-refractivity contribution < 1.29 is 51.6 Å². The number of piperazine rings is 1. The van der Waals surface area contributed by atoms with Gasteiger partial charge in [-0.05, 0) is 100 Å². The van der Waals surface area contributed by atoms with Gasteiger partial charge in [-0.1, -0.05) is 19.9 Å². The lowest BCUT2D eigenvalue weighted by molar-refractivity contribution is -0.174. The lowest BCUT2D eigenvalue weighted by Gasteiger charge is -2.53. The van der Waals surface area contributed by atoms with E-state index in [1.165, 1.54) is 29.2 Å². The molecular formula is C55H70F2N8O9S. The van der Waals surface area contributed by atoms with Crippen molar-refractivity contribution in [3.8, 4) is 22.5 Å². The summed E-state index contributed by atoms with van der Waals surface area (Å²) < 4.78 is 67.5. The summed E-state index contributed by atoms with van der Waals surface area (Å²) >= 11 is 1.18. The average molecular weight is 1060 g/mol. The van der Waals surface area contributed by atoms with E-state index in [2.05, 4.69) is 57.2 Å². The number of hydrazine groups is 1. The van der Waals surface area contributed by atoms with E-state index in [9.17, 15) is 18.4 Å². The minimum atomic E-state index is -2.88. The molecule has 3 aliphatic carbocycles. The van der Waals surface area contributed by atoms with Crippen LogP contribution < -0.4 is 15.6 Å². The fourth-order valence-corrected chi connectivity index (χ4v) is 13.6. The maximum Gasteiger partial charge on any atom is 0.325 e. The lowest BCUT2D eigenvalue weighted by atomic mass is 9.73. The predicted molar refractivity (Wildman–Crippen MR) is 275 cm³/mol. The Morgan fingerprint density at radius 3 is 2.53 bits per heavy atom. The Kier molecular flexibility index (Phi) is 14.0. The van der Waals surface area contributed by atoms with Gasteiger partial charge < -0.3 is 43.2 Å². The van der Waals surface area contributed by atoms with Crippen molar-refractivity contribution in [2.24, 2.45) is 17.3 Å². The highest BCUT2D eigenvalue weighted by Gasteiger charge is 2.59. The van der Waals surface area contributed by atoms with E-state index >= 15 is 4.79 Å². The van der Waals surface area contributed by atoms with Crippen LogP contribution in [0.5, 0.6) is 0 Å². The van der Waals surface area contributed by atoms with E-state index in [4.69, 9.17) is 38.4 Å². The number of benzene rings is 1. The number of pyridine rings is 1. The summed E-state index contributed by atoms with van der Waals surface area (Å²) in [4.78, 5) is 59.1. The third kappa shape index (κ3) is 9.99. The second-order valence-electron chi connectivity index (χ2n) is 23.0. The number of anilines is 1. The predicted octanol–water partition coefficient (Wildman–Crippen LogP) is 6.62. The van der Waals surface area contributed by atoms with Gasteiger partial charge in [-0.3, -0.25) is 29.3 Å². The number of aromatic nitrogens is 3. The van der Waals surface area contributed by atoms with Gasteiger partial charge in [0.25, 0.3) is 18.2 Å². The number of nitrogens with zero attached hydrogens (tertiary/aromatic N) is 6. The highest BCUT2D eigenvalue weighted by Crippen LogP contribution is 2.49. The second kappa shape index (κ2) is 20.6. The molecule has 404 valence electrons. The highest BCUT2D eigenvalue weighted by atomic mass is 32.1. The summed E-state index contributed by atoms with van der Waals surface area (Å²) in [5, 5.41) is 7.36. The zero-order chi connectivity index (χ0) is 51.8. The average Bonchev–Trinajstić information content (AvgIpc) is 3.67. The Morgan fingerprint density at radius 1 is 1.03 bits per heavy atom. The topological polar surface area (TPSA) is 171 Å². The van der Waals surface area contributed by atoms with E-state index in [0.29, 0.717) is 76.8 Å². The van der Waals surface area contributed by atoms with Crippen molar-refractivity contribution in [3.63, 3.8) is 0 Å². The van der Waals surface area contributed by atoms with Crippen LogP contribution in [0, 0.1) is 17.3 Å². The van der Waals surface area contributed by atoms with Crippen molar-refractivity contribution in [2.75, 3.05) is 77.8 Å². The summed E-state index contributed by atoms with van der Waals surface area (Å²) in [7, 11) is 1.70. The van der Waals surface area contributed by atoms with E-state index in [1.807, 2.05) is 24.6 Å². The van der Waals surface area contributed by atoms with Crippen molar-refractivity contribution in [1.82, 2.24) is 35.2 Å². The first-order valence-electron chi connectivity index (χ1n) is 27.2. The number of hydrogen-bond donors (Lipinski definition) is 2. The van der Waals surface area contributed by atoms with Crippen molar-refractivity contribution in [3.05, 3.63) is 52.1 Å². The third-order valence-corrected chi connectivity index (χ3v) is 18.1. The zero-order valence-electron chi connectivity index (χ0n) is 43.4. The Morgan fingerprint density at radius 2 is 1.81 bits per heavy atom. The fourth-order valence-electron chi connectivity index (χ4n) is 12.7. The molecule has 0 unspecified atom stereocenters. The summed E-state index contributed by atoms with van der Waals surface area (Å²) in [5.41, 5.74) is 8.50. The number of methoxy groups -OCH3 is 1. The van der Waals surface area contributed by atoms with Gasteiger partial charge in [0.05, 0.1) is 61.0 Å². The van der Waals surface area contributed by atoms with Gasteiger partial charge in [0.2, 0.25) is 0 Å². The standard InChI is InChI=1S/C55H70F2N8O9S/c1-31(69-4)45-40(22-37(26-58-45)63-13-11-62(12-14-63)35-6-7-35)48-41-25-54(2,3)30-73-52(67)46-34-19-36(20-34)65(61-46)51(66)47(60-53(68)55-23-32(24-55)27-74-55)49(72-28-44(56)57)50-59-42(29-75-50)33-5-8-43(39(41)21-33)64(48)15-18-71-38-9-16-70-17-10-38/h5,8,21-22,26,29,31-32,34-36,38,44,46-47,49,61H,6-7,9-20,23-25,27-28,30H2,1-4H3,(H,60,68)/t31-,32?,34?,36?,46-,47-,49-,55?/m0/s1. The minimum absolute atomic E-state index is 0.0679. The number of thiazole rings is 1. The van der Waals surface area contributed by atoms with Gasteiger partial charge in [-0.15, -0.1) is 11.3 Å². The van der Waals surface area contributed by atoms with E-state index < -0.39 is 60.0 Å². The lowest BCUT2D eigenvalue weighted by Crippen LogP contribution is -2.72. The minimum Gasteiger partial charge on any atom is -0.464 e. The molecule has 7 aliphatic heterocycles. The SMILES string of the molecule is CO[C@@H](C)c1ncc(N2CCN(C3CC3)CC2)cc1-c1c2c3cc(ccc3n1CCOC1CCOCC1)-c1csc(n1)[C@@H](OCC(F)F)[C@H](NC(=O)C13CC(CO1)C3)C(=O)N1N[C@H](C(=O)OCC(C)(C)C2)C2CC1C2. The molecule has 2 amide bonds. The van der Waals surface area contributed by atoms with Crippen LogP contribution in [0.4, 0.5) is 14.5 Å². The van der Waals surface area contributed by atoms with Crippen LogP contribution in [0.15, 0.2) is 35.8 Å². The molecule has 1 aromatic carbocycles. The molecular weight excluding hydrogens is 987 g/mol. The van der Waals surface area contributed by atoms with Gasteiger partial charge in [-0.25, -0.2) is 19.2 Å². The number of fused-ring (bicyclic) bond motifs is 5. The number of alkyl halides is 2. The Labute approximate surface area is 440 Å². The second-order valence-corrected chi connectivity index (χ2v) is 23.9. The van der Waals surface area contributed by atoms with E-state index in [0.717, 1.165) is 83.7 Å². The number of nitrogens with one attached hydrogen (secondary N) is 2. The molecule has 14 rings (SSSR count). The molecule has 10 heterocycles. The van der Waals surface area contributed by atoms with Crippen LogP contribution in [0.3, 0.4) is 0 Å². The zero-order valence-corrected chi connectivity index (χ0v) is 44.2. The quantitative estimate of drug-likeness (QED) is 0.129. The number of amides is 2. The van der Waals surface area contributed by atoms with Gasteiger partial charge in [0.1, 0.15) is 35.4 Å².